The Morgan fingerprint density at radius 2 is 2.03 bits per heavy atom. The lowest BCUT2D eigenvalue weighted by molar-refractivity contribution is -0.401. The second-order valence-corrected chi connectivity index (χ2v) is 9.73. The molecule has 4 heterocycles. The van der Waals surface area contributed by atoms with Gasteiger partial charge >= 0.3 is 11.9 Å². The summed E-state index contributed by atoms with van der Waals surface area (Å²) < 4.78 is 24.9. The van der Waals surface area contributed by atoms with E-state index in [1.165, 1.54) is 18.2 Å². The molecular weight excluding hydrogens is 495 g/mol. The van der Waals surface area contributed by atoms with E-state index in [0.717, 1.165) is 31.9 Å². The van der Waals surface area contributed by atoms with Gasteiger partial charge in [-0.15, -0.1) is 0 Å². The molecule has 0 radical (unpaired) electrons. The minimum Gasteiger partial charge on any atom is -0.466 e. The largest absolute Gasteiger partial charge is 0.466 e. The van der Waals surface area contributed by atoms with Crippen molar-refractivity contribution in [1.29, 1.82) is 0 Å². The van der Waals surface area contributed by atoms with E-state index in [-0.39, 0.29) is 41.3 Å². The number of anilines is 1. The highest BCUT2D eigenvalue weighted by atomic mass is 19.1. The Morgan fingerprint density at radius 3 is 2.76 bits per heavy atom. The lowest BCUT2D eigenvalue weighted by Gasteiger charge is -2.47. The Hall–Kier alpha value is -4.35. The van der Waals surface area contributed by atoms with Gasteiger partial charge in [-0.05, 0) is 56.6 Å². The number of furan rings is 1. The van der Waals surface area contributed by atoms with Crippen molar-refractivity contribution < 1.29 is 23.3 Å². The number of hydrogen-bond acceptors (Lipinski definition) is 9. The van der Waals surface area contributed by atoms with Crippen LogP contribution in [-0.4, -0.2) is 43.5 Å². The smallest absolute Gasteiger partial charge is 0.433 e. The number of nitro groups is 1. The minimum absolute atomic E-state index is 0.180. The molecule has 0 aromatic carbocycles. The molecule has 12 heteroatoms. The molecule has 3 aliphatic rings. The first-order valence-corrected chi connectivity index (χ1v) is 12.6. The Kier molecular flexibility index (Phi) is 6.01. The summed E-state index contributed by atoms with van der Waals surface area (Å²) >= 11 is 0. The van der Waals surface area contributed by atoms with E-state index in [1.54, 1.807) is 19.2 Å². The number of nitrogens with one attached hydrogen (secondary N) is 2. The number of hydrogen-bond donors (Lipinski definition) is 2. The fourth-order valence-electron chi connectivity index (χ4n) is 5.90. The summed E-state index contributed by atoms with van der Waals surface area (Å²) in [7, 11) is 0. The van der Waals surface area contributed by atoms with Crippen molar-refractivity contribution >= 4 is 28.7 Å². The first-order valence-electron chi connectivity index (χ1n) is 12.6. The molecule has 4 aromatic heterocycles. The first kappa shape index (κ1) is 24.0. The number of H-pyrrole nitrogens is 1. The van der Waals surface area contributed by atoms with E-state index in [4.69, 9.17) is 14.1 Å². The summed E-state index contributed by atoms with van der Waals surface area (Å²) in [5, 5.41) is 15.2. The molecule has 11 nitrogen and oxygen atoms in total. The van der Waals surface area contributed by atoms with Gasteiger partial charge < -0.3 is 19.5 Å². The Morgan fingerprint density at radius 1 is 1.24 bits per heavy atom. The predicted octanol–water partition coefficient (Wildman–Crippen LogP) is 5.11. The lowest BCUT2D eigenvalue weighted by Crippen LogP contribution is -2.52. The van der Waals surface area contributed by atoms with Gasteiger partial charge in [0.25, 0.3) is 0 Å². The van der Waals surface area contributed by atoms with E-state index in [1.807, 2.05) is 0 Å². The molecule has 0 unspecified atom stereocenters. The van der Waals surface area contributed by atoms with Crippen molar-refractivity contribution in [2.24, 2.45) is 17.8 Å². The van der Waals surface area contributed by atoms with E-state index < -0.39 is 16.6 Å². The average Bonchev–Trinajstić information content (AvgIpc) is 3.57. The fourth-order valence-corrected chi connectivity index (χ4v) is 5.90. The highest BCUT2D eigenvalue weighted by Gasteiger charge is 2.48. The third-order valence-corrected chi connectivity index (χ3v) is 7.58. The van der Waals surface area contributed by atoms with Crippen LogP contribution < -0.4 is 5.32 Å². The van der Waals surface area contributed by atoms with Gasteiger partial charge in [-0.25, -0.2) is 19.3 Å². The third-order valence-electron chi connectivity index (χ3n) is 7.58. The van der Waals surface area contributed by atoms with Crippen LogP contribution in [0.5, 0.6) is 0 Å². The second kappa shape index (κ2) is 9.51. The van der Waals surface area contributed by atoms with E-state index in [0.29, 0.717) is 34.7 Å². The molecule has 2 N–H and O–H groups in total. The van der Waals surface area contributed by atoms with Gasteiger partial charge in [-0.1, -0.05) is 0 Å². The Labute approximate surface area is 216 Å². The number of aromatic nitrogens is 4. The van der Waals surface area contributed by atoms with Gasteiger partial charge in [0.05, 0.1) is 24.8 Å². The van der Waals surface area contributed by atoms with Crippen LogP contribution in [0.25, 0.3) is 33.9 Å². The maximum absolute atomic E-state index is 14.0. The summed E-state index contributed by atoms with van der Waals surface area (Å²) in [6.07, 6.45) is 6.71. The van der Waals surface area contributed by atoms with Crippen LogP contribution >= 0.6 is 0 Å². The van der Waals surface area contributed by atoms with Crippen molar-refractivity contribution in [1.82, 2.24) is 19.9 Å². The number of fused-ring (bicyclic) bond motifs is 4. The third kappa shape index (κ3) is 4.25. The monoisotopic (exact) mass is 520 g/mol. The molecule has 38 heavy (non-hydrogen) atoms. The SMILES string of the molecule is CCOC(=O)[C@@H]1C2CCC(CC2)[C@H]1Nc1cc(-c2ccc([N+](=O)[O-])o2)nc(-c2c[nH]c3ncc(F)cc23)n1. The molecule has 0 saturated heterocycles. The van der Waals surface area contributed by atoms with Crippen LogP contribution in [0.3, 0.4) is 0 Å². The Bertz CT molecular complexity index is 1530. The molecule has 2 atom stereocenters. The number of ether oxygens (including phenoxy) is 1. The first-order chi connectivity index (χ1) is 18.4. The van der Waals surface area contributed by atoms with Crippen LogP contribution in [0.4, 0.5) is 16.1 Å². The van der Waals surface area contributed by atoms with Gasteiger partial charge in [0.1, 0.15) is 27.9 Å². The molecule has 3 saturated carbocycles. The number of nitrogens with zero attached hydrogens (tertiary/aromatic N) is 4. The summed E-state index contributed by atoms with van der Waals surface area (Å²) in [5.41, 5.74) is 1.27. The van der Waals surface area contributed by atoms with Crippen LogP contribution in [0.2, 0.25) is 0 Å². The lowest BCUT2D eigenvalue weighted by atomic mass is 9.61. The van der Waals surface area contributed by atoms with Crippen molar-refractivity contribution in [2.45, 2.75) is 38.6 Å². The molecule has 3 aliphatic carbocycles. The zero-order valence-corrected chi connectivity index (χ0v) is 20.5. The summed E-state index contributed by atoms with van der Waals surface area (Å²) in [4.78, 5) is 39.9. The van der Waals surface area contributed by atoms with Crippen LogP contribution in [-0.2, 0) is 9.53 Å². The van der Waals surface area contributed by atoms with Crippen molar-refractivity contribution in [3.8, 4) is 22.8 Å². The average molecular weight is 521 g/mol. The molecule has 2 bridgehead atoms. The van der Waals surface area contributed by atoms with Gasteiger partial charge in [0.15, 0.2) is 11.6 Å². The molecule has 7 rings (SSSR count). The van der Waals surface area contributed by atoms with Crippen LogP contribution in [0, 0.1) is 33.7 Å². The van der Waals surface area contributed by atoms with Crippen molar-refractivity contribution in [3.05, 3.63) is 52.6 Å². The van der Waals surface area contributed by atoms with E-state index in [2.05, 4.69) is 20.3 Å². The van der Waals surface area contributed by atoms with Gasteiger partial charge in [0.2, 0.25) is 0 Å². The zero-order chi connectivity index (χ0) is 26.4. The number of halogens is 1. The highest BCUT2D eigenvalue weighted by molar-refractivity contribution is 5.92. The number of carbonyl (C=O) groups is 1. The summed E-state index contributed by atoms with van der Waals surface area (Å²) in [6, 6.07) is 5.52. The molecule has 0 spiro atoms. The molecule has 196 valence electrons. The maximum atomic E-state index is 14.0. The van der Waals surface area contributed by atoms with Crippen molar-refractivity contribution in [2.75, 3.05) is 11.9 Å². The van der Waals surface area contributed by atoms with Gasteiger partial charge in [-0.3, -0.25) is 14.9 Å². The van der Waals surface area contributed by atoms with E-state index >= 15 is 0 Å². The van der Waals surface area contributed by atoms with Gasteiger partial charge in [0, 0.05) is 29.3 Å². The van der Waals surface area contributed by atoms with Crippen LogP contribution in [0.1, 0.15) is 32.6 Å². The van der Waals surface area contributed by atoms with Crippen molar-refractivity contribution in [3.63, 3.8) is 0 Å². The van der Waals surface area contributed by atoms with Crippen LogP contribution in [0.15, 0.2) is 41.1 Å². The number of pyridine rings is 1. The standard InChI is InChI=1S/C26H25FN6O5/c1-2-37-26(34)22-13-3-5-14(6-4-13)23(22)31-20-10-18(19-7-8-21(38-19)33(35)36)30-25(32-20)17-12-29-24-16(17)9-15(27)11-28-24/h7-14,22-23H,2-6H2,1H3,(H,28,29)(H,30,31,32)/t13?,14?,22-,23-/m1/s1. The molecule has 4 aromatic rings. The number of rotatable bonds is 7. The zero-order valence-electron chi connectivity index (χ0n) is 20.5. The number of aromatic amines is 1. The molecule has 3 fully saturated rings. The number of esters is 1. The quantitative estimate of drug-likeness (QED) is 0.193. The number of carbonyl (C=O) groups excluding carboxylic acids is 1. The maximum Gasteiger partial charge on any atom is 0.433 e. The molecule has 0 amide bonds. The van der Waals surface area contributed by atoms with E-state index in [9.17, 15) is 19.3 Å². The topological polar surface area (TPSA) is 149 Å². The molecule has 0 aliphatic heterocycles. The fraction of sp³-hybridized carbons (Fsp3) is 0.385. The Balaban J connectivity index is 1.44. The normalized spacial score (nSPS) is 22.5. The summed E-state index contributed by atoms with van der Waals surface area (Å²) in [5.74, 6) is -0.0927. The minimum atomic E-state index is -0.623. The summed E-state index contributed by atoms with van der Waals surface area (Å²) in [6.45, 7) is 2.11. The predicted molar refractivity (Wildman–Crippen MR) is 134 cm³/mol. The molecular formula is C26H25FN6O5. The highest BCUT2D eigenvalue weighted by Crippen LogP contribution is 2.47. The second-order valence-electron chi connectivity index (χ2n) is 9.73. The van der Waals surface area contributed by atoms with Gasteiger partial charge in [-0.2, -0.15) is 0 Å².